The smallest absolute Gasteiger partial charge is 0.328 e. The Hall–Kier alpha value is -1.61. The van der Waals surface area contributed by atoms with Crippen LogP contribution >= 0.6 is 0 Å². The maximum Gasteiger partial charge on any atom is 0.328 e. The lowest BCUT2D eigenvalue weighted by molar-refractivity contribution is -0.131. The number of carboxylic acids is 1. The van der Waals surface area contributed by atoms with Crippen LogP contribution in [0.1, 0.15) is 25.3 Å². The monoisotopic (exact) mass is 234 g/mol. The minimum Gasteiger partial charge on any atom is -0.478 e. The fraction of sp³-hybridized carbons (Fsp3) is 0.357. The summed E-state index contributed by atoms with van der Waals surface area (Å²) in [5.41, 5.74) is 2.04. The summed E-state index contributed by atoms with van der Waals surface area (Å²) in [4.78, 5) is 10.5. The molecule has 3 heteroatoms. The summed E-state index contributed by atoms with van der Waals surface area (Å²) >= 11 is 0. The van der Waals surface area contributed by atoms with Crippen LogP contribution in [0.25, 0.3) is 0 Å². The van der Waals surface area contributed by atoms with E-state index < -0.39 is 5.97 Å². The molecule has 17 heavy (non-hydrogen) atoms. The van der Waals surface area contributed by atoms with Crippen molar-refractivity contribution in [3.63, 3.8) is 0 Å². The highest BCUT2D eigenvalue weighted by molar-refractivity contribution is 5.80. The average Bonchev–Trinajstić information content (AvgIpc) is 2.34. The summed E-state index contributed by atoms with van der Waals surface area (Å²) in [6.45, 7) is 3.08. The molecule has 0 saturated carbocycles. The van der Waals surface area contributed by atoms with Crippen molar-refractivity contribution in [1.29, 1.82) is 0 Å². The van der Waals surface area contributed by atoms with Gasteiger partial charge < -0.3 is 9.84 Å². The lowest BCUT2D eigenvalue weighted by Gasteiger charge is -2.06. The second-order valence-corrected chi connectivity index (χ2v) is 3.78. The number of rotatable bonds is 7. The highest BCUT2D eigenvalue weighted by Crippen LogP contribution is 2.08. The number of carboxylic acid groups (broad SMARTS) is 1. The van der Waals surface area contributed by atoms with E-state index in [4.69, 9.17) is 9.84 Å². The summed E-state index contributed by atoms with van der Waals surface area (Å²) in [6, 6.07) is 9.93. The zero-order valence-corrected chi connectivity index (χ0v) is 10.1. The molecule has 1 rings (SSSR count). The van der Waals surface area contributed by atoms with Crippen LogP contribution in [0.2, 0.25) is 0 Å². The van der Waals surface area contributed by atoms with Crippen LogP contribution in [0.4, 0.5) is 0 Å². The van der Waals surface area contributed by atoms with Gasteiger partial charge in [-0.2, -0.15) is 0 Å². The van der Waals surface area contributed by atoms with Gasteiger partial charge in [0.05, 0.1) is 13.2 Å². The van der Waals surface area contributed by atoms with E-state index in [-0.39, 0.29) is 0 Å². The van der Waals surface area contributed by atoms with E-state index >= 15 is 0 Å². The van der Waals surface area contributed by atoms with Crippen LogP contribution in [0.5, 0.6) is 0 Å². The molecule has 1 aromatic carbocycles. The van der Waals surface area contributed by atoms with Gasteiger partial charge in [0.1, 0.15) is 0 Å². The molecule has 0 radical (unpaired) electrons. The Morgan fingerprint density at radius 2 is 2.06 bits per heavy atom. The molecule has 0 spiro atoms. The average molecular weight is 234 g/mol. The second kappa shape index (κ2) is 7.63. The molecule has 1 N–H and O–H groups in total. The summed E-state index contributed by atoms with van der Waals surface area (Å²) in [6.07, 6.45) is 2.70. The minimum absolute atomic E-state index is 0.557. The van der Waals surface area contributed by atoms with E-state index in [1.807, 2.05) is 37.3 Å². The first-order chi connectivity index (χ1) is 8.22. The van der Waals surface area contributed by atoms with Crippen molar-refractivity contribution in [3.05, 3.63) is 47.5 Å². The molecular weight excluding hydrogens is 216 g/mol. The Balaban J connectivity index is 2.26. The van der Waals surface area contributed by atoms with Gasteiger partial charge in [-0.05, 0) is 18.4 Å². The first-order valence-corrected chi connectivity index (χ1v) is 5.76. The number of aliphatic carboxylic acids is 1. The Labute approximate surface area is 102 Å². The number of carbonyl (C=O) groups is 1. The van der Waals surface area contributed by atoms with Gasteiger partial charge in [0.2, 0.25) is 0 Å². The normalized spacial score (nSPS) is 11.5. The molecule has 0 unspecified atom stereocenters. The van der Waals surface area contributed by atoms with Crippen molar-refractivity contribution in [1.82, 2.24) is 0 Å². The molecule has 92 valence electrons. The molecule has 3 nitrogen and oxygen atoms in total. The zero-order valence-electron chi connectivity index (χ0n) is 10.1. The molecule has 0 aromatic heterocycles. The van der Waals surface area contributed by atoms with Gasteiger partial charge in [-0.1, -0.05) is 42.8 Å². The maximum atomic E-state index is 10.5. The van der Waals surface area contributed by atoms with Gasteiger partial charge in [0.15, 0.2) is 0 Å². The largest absolute Gasteiger partial charge is 0.478 e. The molecule has 0 bridgehead atoms. The molecule has 1 aromatic rings. The summed E-state index contributed by atoms with van der Waals surface area (Å²) in [5, 5.41) is 8.63. The fourth-order valence-corrected chi connectivity index (χ4v) is 1.49. The number of ether oxygens (including phenoxy) is 1. The third-order valence-electron chi connectivity index (χ3n) is 2.46. The van der Waals surface area contributed by atoms with Crippen molar-refractivity contribution in [2.75, 3.05) is 6.61 Å². The Morgan fingerprint density at radius 3 is 2.65 bits per heavy atom. The van der Waals surface area contributed by atoms with Crippen LogP contribution in [0.3, 0.4) is 0 Å². The van der Waals surface area contributed by atoms with Crippen molar-refractivity contribution >= 4 is 5.97 Å². The third-order valence-corrected chi connectivity index (χ3v) is 2.46. The van der Waals surface area contributed by atoms with Crippen molar-refractivity contribution < 1.29 is 14.6 Å². The number of hydrogen-bond donors (Lipinski definition) is 1. The molecule has 0 fully saturated rings. The predicted molar refractivity (Wildman–Crippen MR) is 66.7 cm³/mol. The summed E-state index contributed by atoms with van der Waals surface area (Å²) in [5.74, 6) is -0.884. The van der Waals surface area contributed by atoms with Gasteiger partial charge in [0.25, 0.3) is 0 Å². The lowest BCUT2D eigenvalue weighted by Crippen LogP contribution is -1.99. The van der Waals surface area contributed by atoms with E-state index in [1.54, 1.807) is 0 Å². The standard InChI is InChI=1S/C14H18O3/c1-2-12(10-14(15)16)8-9-17-11-13-6-4-3-5-7-13/h3-7,10H,2,8-9,11H2,1H3,(H,15,16)/b12-10+. The predicted octanol–water partition coefficient (Wildman–Crippen LogP) is 3.01. The third kappa shape index (κ3) is 5.88. The fourth-order valence-electron chi connectivity index (χ4n) is 1.49. The van der Waals surface area contributed by atoms with Gasteiger partial charge in [-0.3, -0.25) is 0 Å². The Kier molecular flexibility index (Phi) is 6.04. The first-order valence-electron chi connectivity index (χ1n) is 5.76. The second-order valence-electron chi connectivity index (χ2n) is 3.78. The summed E-state index contributed by atoms with van der Waals surface area (Å²) < 4.78 is 5.50. The molecule has 0 heterocycles. The zero-order chi connectivity index (χ0) is 12.5. The minimum atomic E-state index is -0.884. The maximum absolute atomic E-state index is 10.5. The van der Waals surface area contributed by atoms with Crippen LogP contribution in [-0.2, 0) is 16.1 Å². The van der Waals surface area contributed by atoms with Crippen molar-refractivity contribution in [2.45, 2.75) is 26.4 Å². The van der Waals surface area contributed by atoms with E-state index in [1.165, 1.54) is 6.08 Å². The molecular formula is C14H18O3. The van der Waals surface area contributed by atoms with E-state index in [0.717, 1.165) is 17.6 Å². The topological polar surface area (TPSA) is 46.5 Å². The van der Waals surface area contributed by atoms with Gasteiger partial charge >= 0.3 is 5.97 Å². The summed E-state index contributed by atoms with van der Waals surface area (Å²) in [7, 11) is 0. The van der Waals surface area contributed by atoms with Crippen molar-refractivity contribution in [2.24, 2.45) is 0 Å². The Bertz CT molecular complexity index is 368. The molecule has 0 aliphatic heterocycles. The molecule has 0 saturated heterocycles. The van der Waals surface area contributed by atoms with E-state index in [9.17, 15) is 4.79 Å². The van der Waals surface area contributed by atoms with Gasteiger partial charge in [0, 0.05) is 6.08 Å². The molecule has 0 amide bonds. The van der Waals surface area contributed by atoms with Crippen LogP contribution < -0.4 is 0 Å². The van der Waals surface area contributed by atoms with E-state index in [2.05, 4.69) is 0 Å². The molecule has 0 atom stereocenters. The highest BCUT2D eigenvalue weighted by Gasteiger charge is 1.99. The Morgan fingerprint density at radius 1 is 1.35 bits per heavy atom. The van der Waals surface area contributed by atoms with Gasteiger partial charge in [-0.25, -0.2) is 4.79 Å². The first kappa shape index (κ1) is 13.5. The van der Waals surface area contributed by atoms with Crippen LogP contribution in [0, 0.1) is 0 Å². The highest BCUT2D eigenvalue weighted by atomic mass is 16.5. The molecule has 0 aliphatic rings. The van der Waals surface area contributed by atoms with Crippen LogP contribution in [-0.4, -0.2) is 17.7 Å². The quantitative estimate of drug-likeness (QED) is 0.582. The lowest BCUT2D eigenvalue weighted by atomic mass is 10.1. The van der Waals surface area contributed by atoms with Crippen LogP contribution in [0.15, 0.2) is 42.0 Å². The van der Waals surface area contributed by atoms with Crippen molar-refractivity contribution in [3.8, 4) is 0 Å². The van der Waals surface area contributed by atoms with E-state index in [0.29, 0.717) is 19.6 Å². The van der Waals surface area contributed by atoms with Gasteiger partial charge in [-0.15, -0.1) is 0 Å². The number of hydrogen-bond acceptors (Lipinski definition) is 2. The SMILES string of the molecule is CC/C(=C\C(=O)O)CCOCc1ccccc1. The molecule has 0 aliphatic carbocycles. The number of benzene rings is 1.